The fourth-order valence-corrected chi connectivity index (χ4v) is 3.48. The molecule has 0 spiro atoms. The molecule has 2 aromatic carbocycles. The zero-order chi connectivity index (χ0) is 21.3. The van der Waals surface area contributed by atoms with Gasteiger partial charge in [-0.1, -0.05) is 28.1 Å². The summed E-state index contributed by atoms with van der Waals surface area (Å²) >= 11 is 3.35. The fourth-order valence-electron chi connectivity index (χ4n) is 3.21. The van der Waals surface area contributed by atoms with Gasteiger partial charge < -0.3 is 4.74 Å². The number of carbonyl (C=O) groups excluding carboxylic acids is 2. The van der Waals surface area contributed by atoms with E-state index in [0.29, 0.717) is 22.3 Å². The van der Waals surface area contributed by atoms with Gasteiger partial charge in [0.25, 0.3) is 0 Å². The van der Waals surface area contributed by atoms with Gasteiger partial charge in [-0.15, -0.1) is 0 Å². The lowest BCUT2D eigenvalue weighted by molar-refractivity contribution is 0.0529. The Hall–Kier alpha value is -3.32. The van der Waals surface area contributed by atoms with E-state index in [1.54, 1.807) is 55.5 Å². The molecule has 2 aromatic heterocycles. The normalized spacial score (nSPS) is 10.9. The molecule has 0 fully saturated rings. The maximum atomic E-state index is 14.2. The lowest BCUT2D eigenvalue weighted by atomic mass is 10.1. The van der Waals surface area contributed by atoms with Crippen LogP contribution in [0.1, 0.15) is 33.3 Å². The fraction of sp³-hybridized carbons (Fsp3) is 0.0870. The lowest BCUT2D eigenvalue weighted by Gasteiger charge is -2.06. The lowest BCUT2D eigenvalue weighted by Crippen LogP contribution is -2.05. The van der Waals surface area contributed by atoms with Crippen molar-refractivity contribution < 1.29 is 18.7 Å². The van der Waals surface area contributed by atoms with Crippen LogP contribution in [-0.2, 0) is 4.74 Å². The molecule has 0 unspecified atom stereocenters. The van der Waals surface area contributed by atoms with E-state index in [0.717, 1.165) is 4.47 Å². The first-order valence-electron chi connectivity index (χ1n) is 9.23. The molecule has 0 N–H and O–H groups in total. The largest absolute Gasteiger partial charge is 0.462 e. The number of hydrogen-bond acceptors (Lipinski definition) is 4. The van der Waals surface area contributed by atoms with Crippen molar-refractivity contribution in [1.82, 2.24) is 9.38 Å². The van der Waals surface area contributed by atoms with Gasteiger partial charge in [-0.05, 0) is 55.5 Å². The topological polar surface area (TPSA) is 60.7 Å². The van der Waals surface area contributed by atoms with E-state index in [1.807, 2.05) is 0 Å². The molecule has 0 saturated carbocycles. The third-order valence-electron chi connectivity index (χ3n) is 4.65. The van der Waals surface area contributed by atoms with E-state index in [1.165, 1.54) is 22.9 Å². The van der Waals surface area contributed by atoms with Crippen molar-refractivity contribution in [3.8, 4) is 11.3 Å². The van der Waals surface area contributed by atoms with Gasteiger partial charge >= 0.3 is 5.97 Å². The van der Waals surface area contributed by atoms with E-state index in [4.69, 9.17) is 4.74 Å². The van der Waals surface area contributed by atoms with Crippen molar-refractivity contribution in [3.63, 3.8) is 0 Å². The summed E-state index contributed by atoms with van der Waals surface area (Å²) in [4.78, 5) is 30.0. The first-order chi connectivity index (χ1) is 14.5. The summed E-state index contributed by atoms with van der Waals surface area (Å²) in [5.41, 5.74) is 2.03. The Morgan fingerprint density at radius 3 is 2.53 bits per heavy atom. The summed E-state index contributed by atoms with van der Waals surface area (Å²) in [6, 6.07) is 16.2. The molecule has 2 heterocycles. The third-order valence-corrected chi connectivity index (χ3v) is 5.17. The molecule has 0 bridgehead atoms. The van der Waals surface area contributed by atoms with Gasteiger partial charge in [0, 0.05) is 15.6 Å². The number of ether oxygens (including phenoxy) is 1. The van der Waals surface area contributed by atoms with Crippen LogP contribution in [0, 0.1) is 5.82 Å². The molecular formula is C23H16BrFN2O3. The third kappa shape index (κ3) is 3.64. The molecule has 4 rings (SSSR count). The van der Waals surface area contributed by atoms with E-state index < -0.39 is 11.8 Å². The summed E-state index contributed by atoms with van der Waals surface area (Å²) in [5, 5.41) is 0. The Balaban J connectivity index is 1.90. The average Bonchev–Trinajstić information content (AvgIpc) is 3.13. The predicted octanol–water partition coefficient (Wildman–Crippen LogP) is 5.31. The summed E-state index contributed by atoms with van der Waals surface area (Å²) in [6.07, 6.45) is 1.42. The number of benzene rings is 2. The van der Waals surface area contributed by atoms with Gasteiger partial charge in [0.1, 0.15) is 12.1 Å². The Morgan fingerprint density at radius 1 is 1.10 bits per heavy atom. The van der Waals surface area contributed by atoms with Crippen LogP contribution < -0.4 is 0 Å². The molecular weight excluding hydrogens is 451 g/mol. The van der Waals surface area contributed by atoms with Gasteiger partial charge in [0.15, 0.2) is 0 Å². The smallest absolute Gasteiger partial charge is 0.340 e. The van der Waals surface area contributed by atoms with Crippen molar-refractivity contribution in [2.45, 2.75) is 6.92 Å². The molecule has 5 nitrogen and oxygen atoms in total. The van der Waals surface area contributed by atoms with Crippen molar-refractivity contribution in [2.75, 3.05) is 6.61 Å². The highest BCUT2D eigenvalue weighted by atomic mass is 79.9. The molecule has 0 atom stereocenters. The van der Waals surface area contributed by atoms with Gasteiger partial charge in [-0.25, -0.2) is 14.2 Å². The Morgan fingerprint density at radius 2 is 1.83 bits per heavy atom. The number of halogens is 2. The maximum Gasteiger partial charge on any atom is 0.340 e. The van der Waals surface area contributed by atoms with Crippen LogP contribution in [0.25, 0.3) is 16.8 Å². The van der Waals surface area contributed by atoms with Crippen LogP contribution >= 0.6 is 15.9 Å². The van der Waals surface area contributed by atoms with Gasteiger partial charge in [-0.3, -0.25) is 9.20 Å². The summed E-state index contributed by atoms with van der Waals surface area (Å²) < 4.78 is 21.8. The number of nitrogens with zero attached hydrogens (tertiary/aromatic N) is 2. The van der Waals surface area contributed by atoms with E-state index in [9.17, 15) is 14.0 Å². The molecule has 0 radical (unpaired) electrons. The van der Waals surface area contributed by atoms with Gasteiger partial charge in [0.05, 0.1) is 29.1 Å². The number of fused-ring (bicyclic) bond motifs is 1. The molecule has 0 saturated heterocycles. The Labute approximate surface area is 180 Å². The van der Waals surface area contributed by atoms with Crippen LogP contribution in [0.4, 0.5) is 4.39 Å². The van der Waals surface area contributed by atoms with Crippen LogP contribution in [0.15, 0.2) is 71.5 Å². The second kappa shape index (κ2) is 8.20. The Bertz CT molecular complexity index is 1270. The van der Waals surface area contributed by atoms with Crippen LogP contribution in [-0.4, -0.2) is 27.7 Å². The maximum absolute atomic E-state index is 14.2. The number of carbonyl (C=O) groups is 2. The minimum absolute atomic E-state index is 0.192. The number of aromatic nitrogens is 2. The first-order valence-corrected chi connectivity index (χ1v) is 10.0. The van der Waals surface area contributed by atoms with Crippen LogP contribution in [0.5, 0.6) is 0 Å². The molecule has 7 heteroatoms. The quantitative estimate of drug-likeness (QED) is 0.295. The highest BCUT2D eigenvalue weighted by molar-refractivity contribution is 9.10. The molecule has 0 aliphatic rings. The molecule has 30 heavy (non-hydrogen) atoms. The highest BCUT2D eigenvalue weighted by Gasteiger charge is 2.22. The van der Waals surface area contributed by atoms with E-state index in [2.05, 4.69) is 20.9 Å². The Kier molecular flexibility index (Phi) is 5.46. The SMILES string of the molecule is CCOC(=O)c1cc(C(=O)c2ccc(Br)cc2)n2cnc(-c3ccccc3F)cc12. The van der Waals surface area contributed by atoms with Gasteiger partial charge in [0.2, 0.25) is 5.78 Å². The van der Waals surface area contributed by atoms with Gasteiger partial charge in [-0.2, -0.15) is 0 Å². The minimum Gasteiger partial charge on any atom is -0.462 e. The second-order valence-corrected chi connectivity index (χ2v) is 7.42. The summed E-state index contributed by atoms with van der Waals surface area (Å²) in [7, 11) is 0. The molecule has 0 aliphatic carbocycles. The van der Waals surface area contributed by atoms with Crippen LogP contribution in [0.2, 0.25) is 0 Å². The second-order valence-electron chi connectivity index (χ2n) is 6.51. The zero-order valence-electron chi connectivity index (χ0n) is 15.9. The summed E-state index contributed by atoms with van der Waals surface area (Å²) in [5.74, 6) is -1.26. The standard InChI is InChI=1S/C23H16BrFN2O3/c1-2-30-23(29)17-11-21(22(28)14-7-9-15(24)10-8-14)27-13-26-19(12-20(17)27)16-5-3-4-6-18(16)25/h3-13H,2H2,1H3. The van der Waals surface area contributed by atoms with Crippen molar-refractivity contribution >= 4 is 33.2 Å². The number of hydrogen-bond donors (Lipinski definition) is 0. The summed E-state index contributed by atoms with van der Waals surface area (Å²) in [6.45, 7) is 1.90. The monoisotopic (exact) mass is 466 g/mol. The number of esters is 1. The molecule has 0 amide bonds. The number of rotatable bonds is 5. The van der Waals surface area contributed by atoms with E-state index >= 15 is 0 Å². The van der Waals surface area contributed by atoms with Crippen molar-refractivity contribution in [3.05, 3.63) is 94.1 Å². The predicted molar refractivity (Wildman–Crippen MR) is 114 cm³/mol. The van der Waals surface area contributed by atoms with Crippen LogP contribution in [0.3, 0.4) is 0 Å². The number of ketones is 1. The average molecular weight is 467 g/mol. The first kappa shape index (κ1) is 20.0. The van der Waals surface area contributed by atoms with E-state index in [-0.39, 0.29) is 23.6 Å². The zero-order valence-corrected chi connectivity index (χ0v) is 17.5. The minimum atomic E-state index is -0.560. The van der Waals surface area contributed by atoms with Crippen molar-refractivity contribution in [2.24, 2.45) is 0 Å². The molecule has 4 aromatic rings. The molecule has 0 aliphatic heterocycles. The molecule has 150 valence electrons. The van der Waals surface area contributed by atoms with Crippen molar-refractivity contribution in [1.29, 1.82) is 0 Å². The highest BCUT2D eigenvalue weighted by Crippen LogP contribution is 2.26.